The lowest BCUT2D eigenvalue weighted by Crippen LogP contribution is -2.06. The Balaban J connectivity index is 1.54. The third-order valence-corrected chi connectivity index (χ3v) is 7.60. The number of nitrogens with zero attached hydrogens (tertiary/aromatic N) is 1. The second-order valence-electron chi connectivity index (χ2n) is 10.1. The number of aryl methyl sites for hydroxylation is 4. The largest absolute Gasteiger partial charge is 0.354 e. The summed E-state index contributed by atoms with van der Waals surface area (Å²) in [6, 6.07) is 20.0. The van der Waals surface area contributed by atoms with E-state index in [0.717, 1.165) is 17.1 Å². The van der Waals surface area contributed by atoms with E-state index < -0.39 is 0 Å². The molecule has 1 aromatic heterocycles. The van der Waals surface area contributed by atoms with Crippen LogP contribution in [0.4, 0.5) is 0 Å². The Morgan fingerprint density at radius 3 is 2.29 bits per heavy atom. The molecule has 2 heteroatoms. The quantitative estimate of drug-likeness (QED) is 0.325. The van der Waals surface area contributed by atoms with Crippen molar-refractivity contribution in [3.63, 3.8) is 0 Å². The highest BCUT2D eigenvalue weighted by Gasteiger charge is 2.30. The molecule has 2 aliphatic rings. The van der Waals surface area contributed by atoms with Gasteiger partial charge in [-0.3, -0.25) is 0 Å². The maximum atomic E-state index is 5.26. The van der Waals surface area contributed by atoms with Gasteiger partial charge in [-0.05, 0) is 74.6 Å². The highest BCUT2D eigenvalue weighted by Crippen LogP contribution is 2.47. The van der Waals surface area contributed by atoms with Crippen LogP contribution in [0.15, 0.2) is 59.6 Å². The van der Waals surface area contributed by atoms with Crippen LogP contribution in [0.3, 0.4) is 0 Å². The molecule has 0 amide bonds. The number of hydrogen-bond donors (Lipinski definition) is 1. The molecule has 0 saturated heterocycles. The Bertz CT molecular complexity index is 1540. The molecule has 4 aromatic rings. The van der Waals surface area contributed by atoms with E-state index in [1.807, 2.05) is 0 Å². The first-order valence-electron chi connectivity index (χ1n) is 12.1. The van der Waals surface area contributed by atoms with E-state index in [1.165, 1.54) is 66.9 Å². The zero-order chi connectivity index (χ0) is 23.7. The zero-order valence-electron chi connectivity index (χ0n) is 20.8. The Labute approximate surface area is 202 Å². The van der Waals surface area contributed by atoms with Crippen LogP contribution in [0.1, 0.15) is 74.2 Å². The predicted octanol–water partition coefficient (Wildman–Crippen LogP) is 8.04. The van der Waals surface area contributed by atoms with Crippen molar-refractivity contribution in [2.24, 2.45) is 4.99 Å². The van der Waals surface area contributed by atoms with Gasteiger partial charge in [-0.15, -0.1) is 0 Å². The van der Waals surface area contributed by atoms with Crippen LogP contribution in [0.5, 0.6) is 0 Å². The number of hydrogen-bond acceptors (Lipinski definition) is 1. The first-order chi connectivity index (χ1) is 16.3. The fraction of sp³-hybridized carbons (Fsp3) is 0.219. The SMILES string of the molecule is Cc1cc(C)c(C2=NC(=Cc3[nH]c4c(c3C)C(C)c3ccccc3-4)c3ccc(C)cc32)c(C)c1. The van der Waals surface area contributed by atoms with Gasteiger partial charge >= 0.3 is 0 Å². The molecule has 0 saturated carbocycles. The fourth-order valence-corrected chi connectivity index (χ4v) is 6.09. The second-order valence-corrected chi connectivity index (χ2v) is 10.1. The monoisotopic (exact) mass is 442 g/mol. The summed E-state index contributed by atoms with van der Waals surface area (Å²) >= 11 is 0. The molecule has 1 unspecified atom stereocenters. The van der Waals surface area contributed by atoms with Crippen molar-refractivity contribution < 1.29 is 0 Å². The molecule has 0 spiro atoms. The molecule has 3 aromatic carbocycles. The van der Waals surface area contributed by atoms with Gasteiger partial charge in [0.1, 0.15) is 0 Å². The van der Waals surface area contributed by atoms with Crippen molar-refractivity contribution in [3.05, 3.63) is 116 Å². The first-order valence-corrected chi connectivity index (χ1v) is 12.1. The number of nitrogens with one attached hydrogen (secondary N) is 1. The van der Waals surface area contributed by atoms with E-state index in [4.69, 9.17) is 4.99 Å². The summed E-state index contributed by atoms with van der Waals surface area (Å²) < 4.78 is 0. The van der Waals surface area contributed by atoms with Gasteiger partial charge in [0.25, 0.3) is 0 Å². The second kappa shape index (κ2) is 7.43. The highest BCUT2D eigenvalue weighted by molar-refractivity contribution is 6.22. The van der Waals surface area contributed by atoms with Crippen LogP contribution in [-0.4, -0.2) is 10.7 Å². The minimum atomic E-state index is 0.407. The van der Waals surface area contributed by atoms with Crippen molar-refractivity contribution in [2.45, 2.75) is 47.5 Å². The number of fused-ring (bicyclic) bond motifs is 4. The van der Waals surface area contributed by atoms with Crippen LogP contribution in [0, 0.1) is 34.6 Å². The van der Waals surface area contributed by atoms with Gasteiger partial charge in [-0.25, -0.2) is 4.99 Å². The molecular weight excluding hydrogens is 412 g/mol. The lowest BCUT2D eigenvalue weighted by atomic mass is 9.91. The molecular formula is C32H30N2. The molecule has 1 aliphatic carbocycles. The molecule has 168 valence electrons. The van der Waals surface area contributed by atoms with Crippen molar-refractivity contribution in [3.8, 4) is 11.3 Å². The summed E-state index contributed by atoms with van der Waals surface area (Å²) in [6.07, 6.45) is 2.25. The van der Waals surface area contributed by atoms with Gasteiger partial charge in [0.15, 0.2) is 0 Å². The van der Waals surface area contributed by atoms with Crippen LogP contribution in [0.2, 0.25) is 0 Å². The molecule has 0 bridgehead atoms. The van der Waals surface area contributed by atoms with E-state index in [0.29, 0.717) is 5.92 Å². The minimum absolute atomic E-state index is 0.407. The Kier molecular flexibility index (Phi) is 4.57. The summed E-state index contributed by atoms with van der Waals surface area (Å²) in [5.74, 6) is 0.407. The smallest absolute Gasteiger partial charge is 0.0794 e. The predicted molar refractivity (Wildman–Crippen MR) is 144 cm³/mol. The maximum absolute atomic E-state index is 5.26. The lowest BCUT2D eigenvalue weighted by Gasteiger charge is -2.12. The Morgan fingerprint density at radius 2 is 1.53 bits per heavy atom. The van der Waals surface area contributed by atoms with Gasteiger partial charge in [0.05, 0.1) is 17.1 Å². The van der Waals surface area contributed by atoms with E-state index in [2.05, 4.69) is 107 Å². The number of benzene rings is 3. The molecule has 0 fully saturated rings. The summed E-state index contributed by atoms with van der Waals surface area (Å²) in [6.45, 7) is 13.3. The molecule has 1 atom stereocenters. The topological polar surface area (TPSA) is 28.1 Å². The minimum Gasteiger partial charge on any atom is -0.354 e. The van der Waals surface area contributed by atoms with Gasteiger partial charge < -0.3 is 4.98 Å². The number of H-pyrrole nitrogens is 1. The normalized spacial score (nSPS) is 17.1. The maximum Gasteiger partial charge on any atom is 0.0794 e. The van der Waals surface area contributed by atoms with Crippen LogP contribution in [-0.2, 0) is 0 Å². The summed E-state index contributed by atoms with van der Waals surface area (Å²) in [5.41, 5.74) is 18.9. The third-order valence-electron chi connectivity index (χ3n) is 7.60. The number of aromatic nitrogens is 1. The third kappa shape index (κ3) is 2.98. The van der Waals surface area contributed by atoms with E-state index in [-0.39, 0.29) is 0 Å². The van der Waals surface area contributed by atoms with Gasteiger partial charge in [-0.2, -0.15) is 0 Å². The van der Waals surface area contributed by atoms with E-state index in [9.17, 15) is 0 Å². The highest BCUT2D eigenvalue weighted by atomic mass is 14.8. The van der Waals surface area contributed by atoms with Crippen LogP contribution >= 0.6 is 0 Å². The number of aliphatic imine (C=N–C) groups is 1. The van der Waals surface area contributed by atoms with Crippen molar-refractivity contribution in [2.75, 3.05) is 0 Å². The Morgan fingerprint density at radius 1 is 0.794 bits per heavy atom. The average Bonchev–Trinajstić information content (AvgIpc) is 3.39. The Hall–Kier alpha value is -3.65. The summed E-state index contributed by atoms with van der Waals surface area (Å²) in [5, 5.41) is 0. The van der Waals surface area contributed by atoms with Gasteiger partial charge in [0.2, 0.25) is 0 Å². The average molecular weight is 443 g/mol. The first kappa shape index (κ1) is 20.9. The fourth-order valence-electron chi connectivity index (χ4n) is 6.09. The van der Waals surface area contributed by atoms with Gasteiger partial charge in [0, 0.05) is 33.9 Å². The number of aromatic amines is 1. The van der Waals surface area contributed by atoms with Crippen molar-refractivity contribution >= 4 is 17.5 Å². The summed E-state index contributed by atoms with van der Waals surface area (Å²) in [7, 11) is 0. The molecule has 2 nitrogen and oxygen atoms in total. The molecule has 1 aliphatic heterocycles. The molecule has 1 N–H and O–H groups in total. The molecule has 34 heavy (non-hydrogen) atoms. The van der Waals surface area contributed by atoms with Crippen molar-refractivity contribution in [1.29, 1.82) is 0 Å². The van der Waals surface area contributed by atoms with E-state index >= 15 is 0 Å². The summed E-state index contributed by atoms with van der Waals surface area (Å²) in [4.78, 5) is 9.02. The van der Waals surface area contributed by atoms with Gasteiger partial charge in [-0.1, -0.05) is 66.6 Å². The van der Waals surface area contributed by atoms with E-state index in [1.54, 1.807) is 0 Å². The van der Waals surface area contributed by atoms with Crippen LogP contribution in [0.25, 0.3) is 23.0 Å². The molecule has 0 radical (unpaired) electrons. The molecule has 2 heterocycles. The standard InChI is InChI=1S/C32H30N2/c1-17-11-12-24-26(15-17)32(29-19(3)13-18(2)14-20(29)4)34-28(24)16-27-22(6)30-21(5)23-9-7-8-10-25(23)31(30)33-27/h7-16,21,33H,1-6H3. The van der Waals surface area contributed by atoms with Crippen LogP contribution < -0.4 is 0 Å². The zero-order valence-corrected chi connectivity index (χ0v) is 20.8. The van der Waals surface area contributed by atoms with Crippen molar-refractivity contribution in [1.82, 2.24) is 4.98 Å². The lowest BCUT2D eigenvalue weighted by molar-refractivity contribution is 0.948. The number of rotatable bonds is 2. The molecule has 6 rings (SSSR count).